The topological polar surface area (TPSA) is 96.0 Å². The molecule has 40 heavy (non-hydrogen) atoms. The normalized spacial score (nSPS) is 11.9. The van der Waals surface area contributed by atoms with Crippen molar-refractivity contribution in [3.63, 3.8) is 0 Å². The Morgan fingerprint density at radius 2 is 1.65 bits per heavy atom. The number of nitrogens with zero attached hydrogens (tertiary/aromatic N) is 2. The Morgan fingerprint density at radius 1 is 0.950 bits per heavy atom. The lowest BCUT2D eigenvalue weighted by Gasteiger charge is -2.32. The molecule has 3 aromatic rings. The van der Waals surface area contributed by atoms with E-state index in [2.05, 4.69) is 5.32 Å². The molecule has 8 nitrogen and oxygen atoms in total. The van der Waals surface area contributed by atoms with Crippen LogP contribution in [0, 0.1) is 6.92 Å². The molecule has 0 saturated heterocycles. The summed E-state index contributed by atoms with van der Waals surface area (Å²) in [6.45, 7) is 7.91. The Morgan fingerprint density at radius 3 is 2.33 bits per heavy atom. The Bertz CT molecular complexity index is 1380. The summed E-state index contributed by atoms with van der Waals surface area (Å²) < 4.78 is 34.7. The van der Waals surface area contributed by atoms with E-state index in [-0.39, 0.29) is 23.0 Å². The number of carbonyl (C=O) groups excluding carboxylic acids is 2. The highest BCUT2D eigenvalue weighted by molar-refractivity contribution is 7.92. The van der Waals surface area contributed by atoms with Crippen LogP contribution in [0.2, 0.25) is 0 Å². The van der Waals surface area contributed by atoms with E-state index in [4.69, 9.17) is 4.74 Å². The van der Waals surface area contributed by atoms with Crippen molar-refractivity contribution in [2.45, 2.75) is 58.0 Å². The van der Waals surface area contributed by atoms with Crippen LogP contribution in [0.25, 0.3) is 0 Å². The fourth-order valence-electron chi connectivity index (χ4n) is 4.30. The Labute approximate surface area is 238 Å². The predicted molar refractivity (Wildman–Crippen MR) is 158 cm³/mol. The Kier molecular flexibility index (Phi) is 11.1. The summed E-state index contributed by atoms with van der Waals surface area (Å²) in [6, 6.07) is 21.6. The van der Waals surface area contributed by atoms with Crippen molar-refractivity contribution in [2.24, 2.45) is 0 Å². The zero-order valence-electron chi connectivity index (χ0n) is 23.7. The van der Waals surface area contributed by atoms with Gasteiger partial charge in [0, 0.05) is 13.1 Å². The summed E-state index contributed by atoms with van der Waals surface area (Å²) in [4.78, 5) is 28.6. The fraction of sp³-hybridized carbons (Fsp3) is 0.355. The van der Waals surface area contributed by atoms with Crippen LogP contribution < -0.4 is 14.4 Å². The highest BCUT2D eigenvalue weighted by Gasteiger charge is 2.33. The first-order chi connectivity index (χ1) is 19.2. The van der Waals surface area contributed by atoms with E-state index < -0.39 is 28.5 Å². The van der Waals surface area contributed by atoms with Crippen molar-refractivity contribution in [2.75, 3.05) is 24.0 Å². The van der Waals surface area contributed by atoms with Gasteiger partial charge < -0.3 is 15.0 Å². The highest BCUT2D eigenvalue weighted by atomic mass is 32.2. The summed E-state index contributed by atoms with van der Waals surface area (Å²) in [7, 11) is -4.16. The van der Waals surface area contributed by atoms with Gasteiger partial charge in [-0.25, -0.2) is 8.42 Å². The van der Waals surface area contributed by atoms with E-state index in [1.807, 2.05) is 38.1 Å². The van der Waals surface area contributed by atoms with E-state index in [0.717, 1.165) is 28.3 Å². The quantitative estimate of drug-likeness (QED) is 0.280. The van der Waals surface area contributed by atoms with Gasteiger partial charge in [-0.2, -0.15) is 0 Å². The van der Waals surface area contributed by atoms with E-state index in [0.29, 0.717) is 18.9 Å². The van der Waals surface area contributed by atoms with Crippen molar-refractivity contribution in [3.8, 4) is 5.75 Å². The lowest BCUT2D eigenvalue weighted by atomic mass is 10.1. The number of aryl methyl sites for hydroxylation is 1. The van der Waals surface area contributed by atoms with Crippen molar-refractivity contribution in [3.05, 3.63) is 90.0 Å². The molecule has 9 heteroatoms. The van der Waals surface area contributed by atoms with Crippen molar-refractivity contribution < 1.29 is 22.7 Å². The minimum atomic E-state index is -4.16. The maximum absolute atomic E-state index is 14.0. The molecule has 0 heterocycles. The molecule has 0 aliphatic heterocycles. The zero-order valence-corrected chi connectivity index (χ0v) is 24.5. The second-order valence-electron chi connectivity index (χ2n) is 9.56. The molecular formula is C31H39N3O5S. The van der Waals surface area contributed by atoms with Crippen LogP contribution in [0.1, 0.15) is 44.7 Å². The third kappa shape index (κ3) is 7.85. The van der Waals surface area contributed by atoms with Gasteiger partial charge in [0.25, 0.3) is 10.0 Å². The Hall–Kier alpha value is -3.85. The van der Waals surface area contributed by atoms with Crippen molar-refractivity contribution in [1.29, 1.82) is 0 Å². The van der Waals surface area contributed by atoms with E-state index in [1.165, 1.54) is 17.0 Å². The maximum Gasteiger partial charge on any atom is 0.264 e. The fourth-order valence-corrected chi connectivity index (χ4v) is 5.75. The summed E-state index contributed by atoms with van der Waals surface area (Å²) >= 11 is 0. The van der Waals surface area contributed by atoms with Crippen LogP contribution >= 0.6 is 0 Å². The molecule has 0 radical (unpaired) electrons. The molecule has 3 aromatic carbocycles. The lowest BCUT2D eigenvalue weighted by molar-refractivity contribution is -0.139. The smallest absolute Gasteiger partial charge is 0.264 e. The standard InChI is InChI=1S/C31H39N3O5S/c1-5-7-20-32-31(36)25(4)33(22-26-15-13-14-24(3)21-26)30(35)23-34(28-18-11-12-19-29(28)39-6-2)40(37,38)27-16-9-8-10-17-27/h8-19,21,25H,5-7,20,22-23H2,1-4H3,(H,32,36)/t25-/m0/s1. The van der Waals surface area contributed by atoms with Crippen LogP contribution in [-0.2, 0) is 26.2 Å². The van der Waals surface area contributed by atoms with Crippen LogP contribution in [0.3, 0.4) is 0 Å². The molecule has 214 valence electrons. The van der Waals surface area contributed by atoms with E-state index in [1.54, 1.807) is 56.3 Å². The molecule has 1 atom stereocenters. The third-order valence-corrected chi connectivity index (χ3v) is 8.25. The zero-order chi connectivity index (χ0) is 29.1. The maximum atomic E-state index is 14.0. The molecule has 0 spiro atoms. The number of amides is 2. The number of anilines is 1. The number of rotatable bonds is 14. The number of benzene rings is 3. The number of sulfonamides is 1. The number of hydrogen-bond donors (Lipinski definition) is 1. The molecule has 0 saturated carbocycles. The number of hydrogen-bond acceptors (Lipinski definition) is 5. The molecule has 0 aliphatic carbocycles. The molecule has 0 aromatic heterocycles. The average Bonchev–Trinajstić information content (AvgIpc) is 2.95. The molecule has 0 fully saturated rings. The number of nitrogens with one attached hydrogen (secondary N) is 1. The van der Waals surface area contributed by atoms with Gasteiger partial charge in [-0.3, -0.25) is 13.9 Å². The predicted octanol–water partition coefficient (Wildman–Crippen LogP) is 4.92. The monoisotopic (exact) mass is 565 g/mol. The van der Waals surface area contributed by atoms with Crippen LogP contribution in [0.15, 0.2) is 83.8 Å². The first-order valence-corrected chi connectivity index (χ1v) is 15.0. The largest absolute Gasteiger partial charge is 0.492 e. The SMILES string of the molecule is CCCCNC(=O)[C@H](C)N(Cc1cccc(C)c1)C(=O)CN(c1ccccc1OCC)S(=O)(=O)c1ccccc1. The van der Waals surface area contributed by atoms with E-state index >= 15 is 0 Å². The van der Waals surface area contributed by atoms with Crippen LogP contribution in [-0.4, -0.2) is 50.9 Å². The average molecular weight is 566 g/mol. The number of unbranched alkanes of at least 4 members (excludes halogenated alkanes) is 1. The first-order valence-electron chi connectivity index (χ1n) is 13.6. The Balaban J connectivity index is 2.04. The van der Waals surface area contributed by atoms with Crippen LogP contribution in [0.5, 0.6) is 5.75 Å². The molecule has 1 N–H and O–H groups in total. The van der Waals surface area contributed by atoms with Gasteiger partial charge >= 0.3 is 0 Å². The van der Waals surface area contributed by atoms with Gasteiger partial charge in [0.2, 0.25) is 11.8 Å². The molecule has 0 aliphatic rings. The molecule has 2 amide bonds. The summed E-state index contributed by atoms with van der Waals surface area (Å²) in [5.41, 5.74) is 2.11. The second kappa shape index (κ2) is 14.5. The molecule has 3 rings (SSSR count). The summed E-state index contributed by atoms with van der Waals surface area (Å²) in [5.74, 6) is -0.458. The summed E-state index contributed by atoms with van der Waals surface area (Å²) in [6.07, 6.45) is 1.74. The molecule has 0 unspecified atom stereocenters. The van der Waals surface area contributed by atoms with Crippen molar-refractivity contribution >= 4 is 27.5 Å². The summed E-state index contributed by atoms with van der Waals surface area (Å²) in [5, 5.41) is 2.90. The van der Waals surface area contributed by atoms with Gasteiger partial charge in [-0.15, -0.1) is 0 Å². The van der Waals surface area contributed by atoms with Gasteiger partial charge in [0.05, 0.1) is 17.2 Å². The van der Waals surface area contributed by atoms with Gasteiger partial charge in [0.15, 0.2) is 0 Å². The molecule has 0 bridgehead atoms. The first kappa shape index (κ1) is 30.7. The van der Waals surface area contributed by atoms with Gasteiger partial charge in [-0.1, -0.05) is 73.5 Å². The van der Waals surface area contributed by atoms with Crippen molar-refractivity contribution in [1.82, 2.24) is 10.2 Å². The number of carbonyl (C=O) groups is 2. The van der Waals surface area contributed by atoms with Gasteiger partial charge in [0.1, 0.15) is 18.3 Å². The molecular weight excluding hydrogens is 526 g/mol. The number of ether oxygens (including phenoxy) is 1. The van der Waals surface area contributed by atoms with Gasteiger partial charge in [-0.05, 0) is 57.0 Å². The minimum Gasteiger partial charge on any atom is -0.492 e. The third-order valence-electron chi connectivity index (χ3n) is 6.48. The van der Waals surface area contributed by atoms with E-state index in [9.17, 15) is 18.0 Å². The second-order valence-corrected chi connectivity index (χ2v) is 11.4. The lowest BCUT2D eigenvalue weighted by Crippen LogP contribution is -2.51. The highest BCUT2D eigenvalue weighted by Crippen LogP contribution is 2.32. The van der Waals surface area contributed by atoms with Crippen LogP contribution in [0.4, 0.5) is 5.69 Å². The minimum absolute atomic E-state index is 0.0460. The number of para-hydroxylation sites is 2.